The Morgan fingerprint density at radius 1 is 1.25 bits per heavy atom. The molecule has 1 heterocycles. The van der Waals surface area contributed by atoms with Crippen LogP contribution in [0.1, 0.15) is 57.8 Å². The zero-order valence-electron chi connectivity index (χ0n) is 13.0. The van der Waals surface area contributed by atoms with Crippen molar-refractivity contribution in [2.45, 2.75) is 59.4 Å². The molecule has 0 atom stereocenters. The molecule has 2 N–H and O–H groups in total. The van der Waals surface area contributed by atoms with Gasteiger partial charge in [0.2, 0.25) is 5.91 Å². The van der Waals surface area contributed by atoms with Gasteiger partial charge in [0.05, 0.1) is 5.69 Å². The Morgan fingerprint density at radius 3 is 2.70 bits per heavy atom. The average molecular weight is 296 g/mol. The second kappa shape index (κ2) is 9.94. The van der Waals surface area contributed by atoms with Crippen LogP contribution in [0.3, 0.4) is 0 Å². The third kappa shape index (κ3) is 7.65. The van der Waals surface area contributed by atoms with Crippen molar-refractivity contribution in [1.29, 1.82) is 0 Å². The van der Waals surface area contributed by atoms with Gasteiger partial charge < -0.3 is 10.6 Å². The topological polar surface area (TPSA) is 41.1 Å². The highest BCUT2D eigenvalue weighted by atomic mass is 32.1. The van der Waals surface area contributed by atoms with E-state index in [9.17, 15) is 4.79 Å². The van der Waals surface area contributed by atoms with Crippen molar-refractivity contribution < 1.29 is 4.79 Å². The summed E-state index contributed by atoms with van der Waals surface area (Å²) in [7, 11) is 0. The fourth-order valence-corrected chi connectivity index (χ4v) is 2.94. The van der Waals surface area contributed by atoms with Crippen LogP contribution in [0.2, 0.25) is 0 Å². The van der Waals surface area contributed by atoms with Crippen LogP contribution in [-0.2, 0) is 11.3 Å². The van der Waals surface area contributed by atoms with E-state index in [0.29, 0.717) is 0 Å². The van der Waals surface area contributed by atoms with Crippen molar-refractivity contribution in [3.8, 4) is 0 Å². The lowest BCUT2D eigenvalue weighted by atomic mass is 10.0. The smallest absolute Gasteiger partial charge is 0.221 e. The third-order valence-corrected chi connectivity index (χ3v) is 4.15. The van der Waals surface area contributed by atoms with E-state index >= 15 is 0 Å². The first-order valence-corrected chi connectivity index (χ1v) is 8.52. The molecule has 0 bridgehead atoms. The number of carbonyl (C=O) groups excluding carboxylic acids is 1. The van der Waals surface area contributed by atoms with Crippen LogP contribution in [0, 0.1) is 5.92 Å². The number of hydrogen-bond acceptors (Lipinski definition) is 3. The largest absolute Gasteiger partial charge is 0.325 e. The summed E-state index contributed by atoms with van der Waals surface area (Å²) >= 11 is 1.69. The molecule has 4 heteroatoms. The van der Waals surface area contributed by atoms with Crippen LogP contribution in [-0.4, -0.2) is 12.5 Å². The normalized spacial score (nSPS) is 11.0. The van der Waals surface area contributed by atoms with Crippen LogP contribution < -0.4 is 10.6 Å². The quantitative estimate of drug-likeness (QED) is 0.628. The second-order valence-electron chi connectivity index (χ2n) is 5.71. The molecule has 0 aliphatic heterocycles. The standard InChI is InChI=1S/C16H28N2OS/c1-13(2)8-6-4-5-7-10-17-12-16-15(9-11-20-16)18-14(3)19/h9,11,13,17H,4-8,10,12H2,1-3H3,(H,18,19). The van der Waals surface area contributed by atoms with Gasteiger partial charge in [0.1, 0.15) is 0 Å². The van der Waals surface area contributed by atoms with E-state index in [0.717, 1.165) is 24.7 Å². The highest BCUT2D eigenvalue weighted by Gasteiger charge is 2.04. The maximum absolute atomic E-state index is 11.1. The van der Waals surface area contributed by atoms with Crippen LogP contribution >= 0.6 is 11.3 Å². The third-order valence-electron chi connectivity index (χ3n) is 3.23. The molecule has 1 amide bonds. The molecule has 0 unspecified atom stereocenters. The first kappa shape index (κ1) is 17.2. The summed E-state index contributed by atoms with van der Waals surface area (Å²) < 4.78 is 0. The number of hydrogen-bond donors (Lipinski definition) is 2. The summed E-state index contributed by atoms with van der Waals surface area (Å²) in [6.45, 7) is 8.02. The van der Waals surface area contributed by atoms with Crippen molar-refractivity contribution in [3.05, 3.63) is 16.3 Å². The zero-order chi connectivity index (χ0) is 14.8. The van der Waals surface area contributed by atoms with Crippen molar-refractivity contribution in [2.75, 3.05) is 11.9 Å². The maximum Gasteiger partial charge on any atom is 0.221 e. The predicted molar refractivity (Wildman–Crippen MR) is 88.3 cm³/mol. The second-order valence-corrected chi connectivity index (χ2v) is 6.71. The van der Waals surface area contributed by atoms with Gasteiger partial charge in [0, 0.05) is 18.3 Å². The summed E-state index contributed by atoms with van der Waals surface area (Å²) in [4.78, 5) is 12.3. The van der Waals surface area contributed by atoms with E-state index in [2.05, 4.69) is 24.5 Å². The summed E-state index contributed by atoms with van der Waals surface area (Å²) in [6, 6.07) is 1.97. The maximum atomic E-state index is 11.1. The van der Waals surface area contributed by atoms with Gasteiger partial charge in [-0.1, -0.05) is 39.5 Å². The Hall–Kier alpha value is -0.870. The van der Waals surface area contributed by atoms with Crippen LogP contribution in [0.15, 0.2) is 11.4 Å². The molecule has 0 saturated heterocycles. The van der Waals surface area contributed by atoms with E-state index in [-0.39, 0.29) is 5.91 Å². The molecular weight excluding hydrogens is 268 g/mol. The minimum absolute atomic E-state index is 0.00481. The minimum atomic E-state index is -0.00481. The van der Waals surface area contributed by atoms with Crippen LogP contribution in [0.25, 0.3) is 0 Å². The molecule has 114 valence electrons. The number of rotatable bonds is 10. The molecule has 1 aromatic heterocycles. The van der Waals surface area contributed by atoms with Gasteiger partial charge in [-0.2, -0.15) is 0 Å². The van der Waals surface area contributed by atoms with E-state index in [1.807, 2.05) is 11.4 Å². The number of unbranched alkanes of at least 4 members (excludes halogenated alkanes) is 3. The molecule has 0 spiro atoms. The van der Waals surface area contributed by atoms with E-state index in [4.69, 9.17) is 0 Å². The van der Waals surface area contributed by atoms with E-state index < -0.39 is 0 Å². The lowest BCUT2D eigenvalue weighted by Crippen LogP contribution is -2.15. The Labute approximate surface area is 127 Å². The van der Waals surface area contributed by atoms with Crippen molar-refractivity contribution >= 4 is 22.9 Å². The first-order chi connectivity index (χ1) is 9.59. The zero-order valence-corrected chi connectivity index (χ0v) is 13.8. The molecule has 0 saturated carbocycles. The highest BCUT2D eigenvalue weighted by molar-refractivity contribution is 7.10. The monoisotopic (exact) mass is 296 g/mol. The Balaban J connectivity index is 2.07. The first-order valence-electron chi connectivity index (χ1n) is 7.64. The van der Waals surface area contributed by atoms with Crippen molar-refractivity contribution in [2.24, 2.45) is 5.92 Å². The van der Waals surface area contributed by atoms with Gasteiger partial charge in [0.15, 0.2) is 0 Å². The predicted octanol–water partition coefficient (Wildman–Crippen LogP) is 4.40. The van der Waals surface area contributed by atoms with Gasteiger partial charge in [-0.3, -0.25) is 4.79 Å². The summed E-state index contributed by atoms with van der Waals surface area (Å²) in [5.74, 6) is 0.828. The van der Waals surface area contributed by atoms with Gasteiger partial charge in [-0.15, -0.1) is 11.3 Å². The number of thiophene rings is 1. The minimum Gasteiger partial charge on any atom is -0.325 e. The SMILES string of the molecule is CC(=O)Nc1ccsc1CNCCCCCCC(C)C. The van der Waals surface area contributed by atoms with Gasteiger partial charge >= 0.3 is 0 Å². The molecule has 0 aliphatic carbocycles. The lowest BCUT2D eigenvalue weighted by molar-refractivity contribution is -0.114. The van der Waals surface area contributed by atoms with Gasteiger partial charge in [0.25, 0.3) is 0 Å². The Bertz CT molecular complexity index is 388. The molecule has 0 aromatic carbocycles. The molecule has 0 radical (unpaired) electrons. The Morgan fingerprint density at radius 2 is 2.00 bits per heavy atom. The summed E-state index contributed by atoms with van der Waals surface area (Å²) in [6.07, 6.45) is 6.59. The van der Waals surface area contributed by atoms with E-state index in [1.54, 1.807) is 18.3 Å². The van der Waals surface area contributed by atoms with Gasteiger partial charge in [-0.05, 0) is 30.3 Å². The molecule has 1 rings (SSSR count). The van der Waals surface area contributed by atoms with E-state index in [1.165, 1.54) is 37.0 Å². The fraction of sp³-hybridized carbons (Fsp3) is 0.688. The number of nitrogens with one attached hydrogen (secondary N) is 2. The Kier molecular flexibility index (Phi) is 8.54. The molecule has 0 aliphatic rings. The number of carbonyl (C=O) groups is 1. The summed E-state index contributed by atoms with van der Waals surface area (Å²) in [5.41, 5.74) is 0.951. The van der Waals surface area contributed by atoms with Crippen LogP contribution in [0.4, 0.5) is 5.69 Å². The van der Waals surface area contributed by atoms with Crippen molar-refractivity contribution in [3.63, 3.8) is 0 Å². The molecular formula is C16H28N2OS. The lowest BCUT2D eigenvalue weighted by Gasteiger charge is -2.07. The molecule has 0 fully saturated rings. The number of amides is 1. The van der Waals surface area contributed by atoms with Crippen LogP contribution in [0.5, 0.6) is 0 Å². The van der Waals surface area contributed by atoms with Gasteiger partial charge in [-0.25, -0.2) is 0 Å². The number of anilines is 1. The van der Waals surface area contributed by atoms with Crippen molar-refractivity contribution in [1.82, 2.24) is 5.32 Å². The highest BCUT2D eigenvalue weighted by Crippen LogP contribution is 2.21. The fourth-order valence-electron chi connectivity index (χ4n) is 2.14. The average Bonchev–Trinajstić information content (AvgIpc) is 2.79. The molecule has 1 aromatic rings. The molecule has 20 heavy (non-hydrogen) atoms. The molecule has 3 nitrogen and oxygen atoms in total. The summed E-state index contributed by atoms with van der Waals surface area (Å²) in [5, 5.41) is 8.35.